The highest BCUT2D eigenvalue weighted by atomic mass is 35.5. The molecule has 5 rings (SSSR count). The van der Waals surface area contributed by atoms with Crippen LogP contribution in [0.15, 0.2) is 41.3 Å². The van der Waals surface area contributed by atoms with Gasteiger partial charge in [0.25, 0.3) is 0 Å². The van der Waals surface area contributed by atoms with E-state index in [0.29, 0.717) is 17.9 Å². The largest absolute Gasteiger partial charge is 0.490 e. The first kappa shape index (κ1) is 24.9. The van der Waals surface area contributed by atoms with Crippen LogP contribution in [-0.2, 0) is 29.2 Å². The average molecular weight is 547 g/mol. The Hall–Kier alpha value is -1.75. The molecule has 0 spiro atoms. The molecule has 11 heteroatoms. The molecule has 2 aliphatic heterocycles. The Morgan fingerprint density at radius 3 is 2.37 bits per heavy atom. The second-order valence-electron chi connectivity index (χ2n) is 9.37. The first-order chi connectivity index (χ1) is 16.6. The maximum Gasteiger partial charge on any atom is 0.189 e. The predicted octanol–water partition coefficient (Wildman–Crippen LogP) is 4.44. The molecule has 1 saturated carbocycles. The molecule has 0 N–H and O–H groups in total. The molecule has 2 heterocycles. The van der Waals surface area contributed by atoms with E-state index in [-0.39, 0.29) is 53.9 Å². The molecular formula is C24H25ClF2O6S2. The van der Waals surface area contributed by atoms with Gasteiger partial charge >= 0.3 is 0 Å². The summed E-state index contributed by atoms with van der Waals surface area (Å²) in [5.74, 6) is -3.02. The SMILES string of the molecule is O=S(=O)(CCC[C@@H]1OCC[C@@]2(S(=O)(=O)c3ccc(Cl)cc3)c3c(F)ccc(F)c3OC[C@@H]12)C1CC1. The Bertz CT molecular complexity index is 1340. The minimum Gasteiger partial charge on any atom is -0.490 e. The van der Waals surface area contributed by atoms with Crippen molar-refractivity contribution in [1.82, 2.24) is 0 Å². The van der Waals surface area contributed by atoms with Gasteiger partial charge in [-0.3, -0.25) is 0 Å². The third kappa shape index (κ3) is 4.16. The van der Waals surface area contributed by atoms with Crippen LogP contribution in [0.5, 0.6) is 5.75 Å². The van der Waals surface area contributed by atoms with E-state index in [9.17, 15) is 21.2 Å². The first-order valence-electron chi connectivity index (χ1n) is 11.5. The molecule has 3 aliphatic rings. The normalized spacial score (nSPS) is 26.5. The summed E-state index contributed by atoms with van der Waals surface area (Å²) in [5.41, 5.74) is -0.331. The molecule has 2 fully saturated rings. The van der Waals surface area contributed by atoms with E-state index in [1.54, 1.807) is 0 Å². The van der Waals surface area contributed by atoms with Gasteiger partial charge in [0.15, 0.2) is 31.2 Å². The van der Waals surface area contributed by atoms with E-state index in [2.05, 4.69) is 0 Å². The zero-order valence-corrected chi connectivity index (χ0v) is 21.1. The lowest BCUT2D eigenvalue weighted by atomic mass is 9.75. The summed E-state index contributed by atoms with van der Waals surface area (Å²) in [6.07, 6.45) is 1.05. The zero-order chi connectivity index (χ0) is 25.0. The fourth-order valence-electron chi connectivity index (χ4n) is 5.41. The van der Waals surface area contributed by atoms with Gasteiger partial charge in [-0.1, -0.05) is 11.6 Å². The Labute approximate surface area is 208 Å². The Morgan fingerprint density at radius 2 is 1.69 bits per heavy atom. The second kappa shape index (κ2) is 8.97. The molecule has 1 saturated heterocycles. The molecule has 1 aliphatic carbocycles. The van der Waals surface area contributed by atoms with Crippen LogP contribution >= 0.6 is 11.6 Å². The summed E-state index contributed by atoms with van der Waals surface area (Å²) in [6, 6.07) is 7.39. The average Bonchev–Trinajstić information content (AvgIpc) is 3.67. The van der Waals surface area contributed by atoms with Crippen molar-refractivity contribution >= 4 is 31.3 Å². The van der Waals surface area contributed by atoms with E-state index in [1.165, 1.54) is 24.3 Å². The monoisotopic (exact) mass is 546 g/mol. The molecule has 0 radical (unpaired) electrons. The lowest BCUT2D eigenvalue weighted by molar-refractivity contribution is -0.0759. The van der Waals surface area contributed by atoms with E-state index in [4.69, 9.17) is 21.1 Å². The molecule has 0 unspecified atom stereocenters. The molecule has 3 atom stereocenters. The highest BCUT2D eigenvalue weighted by Crippen LogP contribution is 2.56. The van der Waals surface area contributed by atoms with Gasteiger partial charge in [-0.05, 0) is 68.5 Å². The first-order valence-corrected chi connectivity index (χ1v) is 15.1. The maximum absolute atomic E-state index is 15.4. The van der Waals surface area contributed by atoms with Gasteiger partial charge < -0.3 is 9.47 Å². The van der Waals surface area contributed by atoms with E-state index in [1.807, 2.05) is 0 Å². The number of rotatable bonds is 7. The topological polar surface area (TPSA) is 86.7 Å². The highest BCUT2D eigenvalue weighted by Gasteiger charge is 2.61. The smallest absolute Gasteiger partial charge is 0.189 e. The quantitative estimate of drug-likeness (QED) is 0.510. The van der Waals surface area contributed by atoms with E-state index in [0.717, 1.165) is 12.1 Å². The van der Waals surface area contributed by atoms with Crippen molar-refractivity contribution in [1.29, 1.82) is 0 Å². The van der Waals surface area contributed by atoms with Crippen molar-refractivity contribution in [3.05, 3.63) is 58.6 Å². The van der Waals surface area contributed by atoms with Crippen LogP contribution in [0, 0.1) is 17.6 Å². The zero-order valence-electron chi connectivity index (χ0n) is 18.8. The van der Waals surface area contributed by atoms with Crippen LogP contribution in [0.1, 0.15) is 37.7 Å². The molecule has 2 aromatic carbocycles. The van der Waals surface area contributed by atoms with Crippen molar-refractivity contribution in [3.8, 4) is 5.75 Å². The molecule has 2 aromatic rings. The number of hydrogen-bond donors (Lipinski definition) is 0. The Kier molecular flexibility index (Phi) is 6.39. The van der Waals surface area contributed by atoms with Gasteiger partial charge in [-0.15, -0.1) is 0 Å². The minimum atomic E-state index is -4.29. The van der Waals surface area contributed by atoms with Gasteiger partial charge in [-0.25, -0.2) is 25.6 Å². The van der Waals surface area contributed by atoms with Crippen molar-refractivity contribution in [3.63, 3.8) is 0 Å². The van der Waals surface area contributed by atoms with Crippen molar-refractivity contribution in [2.75, 3.05) is 19.0 Å². The van der Waals surface area contributed by atoms with Gasteiger partial charge in [0, 0.05) is 17.5 Å². The number of sulfone groups is 2. The summed E-state index contributed by atoms with van der Waals surface area (Å²) in [7, 11) is -7.48. The lowest BCUT2D eigenvalue weighted by Crippen LogP contribution is -2.57. The van der Waals surface area contributed by atoms with Crippen molar-refractivity contribution in [2.45, 2.75) is 53.1 Å². The van der Waals surface area contributed by atoms with E-state index < -0.39 is 53.8 Å². The molecule has 6 nitrogen and oxygen atoms in total. The van der Waals surface area contributed by atoms with Crippen molar-refractivity contribution < 1.29 is 35.1 Å². The number of ether oxygens (including phenoxy) is 2. The van der Waals surface area contributed by atoms with E-state index >= 15 is 4.39 Å². The van der Waals surface area contributed by atoms with Crippen LogP contribution in [0.4, 0.5) is 8.78 Å². The fraction of sp³-hybridized carbons (Fsp3) is 0.500. The lowest BCUT2D eigenvalue weighted by Gasteiger charge is -2.50. The Balaban J connectivity index is 1.58. The highest BCUT2D eigenvalue weighted by molar-refractivity contribution is 7.92. The summed E-state index contributed by atoms with van der Waals surface area (Å²) in [4.78, 5) is -0.0691. The van der Waals surface area contributed by atoms with Crippen LogP contribution in [-0.4, -0.2) is 47.2 Å². The number of fused-ring (bicyclic) bond motifs is 3. The standard InChI is InChI=1S/C24H25ClF2O6S2/c25-15-3-5-17(6-4-15)35(30,31)24-11-12-32-21(2-1-13-34(28,29)16-7-8-16)18(24)14-33-23-20(27)10-9-19(26)22(23)24/h3-6,9-10,16,18,21H,1-2,7-8,11-14H2/t18-,21-,24-/m0/s1. The summed E-state index contributed by atoms with van der Waals surface area (Å²) < 4.78 is 92.9. The molecule has 190 valence electrons. The maximum atomic E-state index is 15.4. The van der Waals surface area contributed by atoms with Crippen LogP contribution < -0.4 is 4.74 Å². The van der Waals surface area contributed by atoms with Gasteiger partial charge in [0.05, 0.1) is 34.2 Å². The minimum absolute atomic E-state index is 0.0151. The Morgan fingerprint density at radius 1 is 1.00 bits per heavy atom. The summed E-state index contributed by atoms with van der Waals surface area (Å²) in [6.45, 7) is -0.223. The van der Waals surface area contributed by atoms with Crippen LogP contribution in [0.2, 0.25) is 5.02 Å². The fourth-order valence-corrected chi connectivity index (χ4v) is 9.64. The second-order valence-corrected chi connectivity index (χ2v) is 14.4. The predicted molar refractivity (Wildman–Crippen MR) is 126 cm³/mol. The van der Waals surface area contributed by atoms with Crippen LogP contribution in [0.3, 0.4) is 0 Å². The summed E-state index contributed by atoms with van der Waals surface area (Å²) >= 11 is 5.96. The molecule has 0 bridgehead atoms. The van der Waals surface area contributed by atoms with Gasteiger partial charge in [0.2, 0.25) is 0 Å². The molecule has 0 aromatic heterocycles. The summed E-state index contributed by atoms with van der Waals surface area (Å²) in [5, 5.41) is 0.0467. The third-order valence-electron chi connectivity index (χ3n) is 7.30. The molecular weight excluding hydrogens is 522 g/mol. The number of hydrogen-bond acceptors (Lipinski definition) is 6. The van der Waals surface area contributed by atoms with Gasteiger partial charge in [0.1, 0.15) is 10.6 Å². The third-order valence-corrected chi connectivity index (χ3v) is 12.5. The van der Waals surface area contributed by atoms with Gasteiger partial charge in [-0.2, -0.15) is 0 Å². The number of benzene rings is 2. The number of halogens is 3. The molecule has 35 heavy (non-hydrogen) atoms. The molecule has 0 amide bonds. The van der Waals surface area contributed by atoms with Crippen LogP contribution in [0.25, 0.3) is 0 Å². The van der Waals surface area contributed by atoms with Crippen molar-refractivity contribution in [2.24, 2.45) is 5.92 Å².